The Morgan fingerprint density at radius 2 is 1.08 bits per heavy atom. The van der Waals surface area contributed by atoms with Crippen molar-refractivity contribution in [1.82, 2.24) is 13.7 Å². The highest BCUT2D eigenvalue weighted by Gasteiger charge is 2.34. The number of rotatable bonds is 1. The van der Waals surface area contributed by atoms with Crippen molar-refractivity contribution in [2.45, 2.75) is 29.1 Å². The van der Waals surface area contributed by atoms with Crippen molar-refractivity contribution in [3.8, 4) is 29.2 Å². The van der Waals surface area contributed by atoms with Crippen LogP contribution in [0.3, 0.4) is 0 Å². The lowest BCUT2D eigenvalue weighted by atomic mass is 9.74. The molecule has 0 unspecified atom stereocenters. The maximum Gasteiger partial charge on any atom is 0.0992 e. The molecule has 11 rings (SSSR count). The van der Waals surface area contributed by atoms with Gasteiger partial charge in [0.15, 0.2) is 0 Å². The van der Waals surface area contributed by atoms with Gasteiger partial charge in [-0.25, -0.2) is 0 Å². The number of benzene rings is 7. The summed E-state index contributed by atoms with van der Waals surface area (Å²) in [6, 6.07) is 54.2. The highest BCUT2D eigenvalue weighted by atomic mass is 32.2. The van der Waals surface area contributed by atoms with Crippen LogP contribution < -0.4 is 0 Å². The third-order valence-electron chi connectivity index (χ3n) is 11.3. The van der Waals surface area contributed by atoms with Crippen LogP contribution in [0.1, 0.15) is 36.1 Å². The van der Waals surface area contributed by atoms with E-state index in [-0.39, 0.29) is 5.41 Å². The molecule has 248 valence electrons. The van der Waals surface area contributed by atoms with Crippen LogP contribution in [0.4, 0.5) is 0 Å². The van der Waals surface area contributed by atoms with Gasteiger partial charge in [-0.05, 0) is 71.8 Å². The first-order valence-electron chi connectivity index (χ1n) is 17.7. The molecule has 0 amide bonds. The summed E-state index contributed by atoms with van der Waals surface area (Å²) >= 11 is 1.82. The van der Waals surface area contributed by atoms with Crippen molar-refractivity contribution in [2.75, 3.05) is 0 Å². The first-order valence-corrected chi connectivity index (χ1v) is 18.5. The second-order valence-corrected chi connectivity index (χ2v) is 15.5. The van der Waals surface area contributed by atoms with Crippen LogP contribution in [-0.4, -0.2) is 13.7 Å². The molecule has 0 aliphatic carbocycles. The average Bonchev–Trinajstić information content (AvgIpc) is 3.52. The van der Waals surface area contributed by atoms with E-state index in [0.29, 0.717) is 11.1 Å². The predicted molar refractivity (Wildman–Crippen MR) is 215 cm³/mol. The van der Waals surface area contributed by atoms with E-state index in [1.807, 2.05) is 23.9 Å². The van der Waals surface area contributed by atoms with Crippen LogP contribution >= 0.6 is 11.8 Å². The summed E-state index contributed by atoms with van der Waals surface area (Å²) in [6.07, 6.45) is 0. The minimum absolute atomic E-state index is 0.238. The lowest BCUT2D eigenvalue weighted by molar-refractivity contribution is 0.629. The minimum Gasteiger partial charge on any atom is -0.309 e. The molecule has 2 aliphatic rings. The predicted octanol–water partition coefficient (Wildman–Crippen LogP) is 11.8. The normalized spacial score (nSPS) is 13.5. The van der Waals surface area contributed by atoms with Gasteiger partial charge in [-0.1, -0.05) is 104 Å². The molecular formula is C47H29N5S. The standard InChI is InChI=1S/C47H29N5S/c1-47(2)35-14-4-6-17-38(35)51-41-24-34-31-11-3-5-16-37(31)50(30-22-28(26-48)21-29(23-30)27-49)40(34)25-42(41)52-39-18-7-8-19-43(39)53-44-20-10-13-33(46(44)52)32-12-9-15-36(47)45(32)51/h3-25H,1-2H3. The Morgan fingerprint density at radius 1 is 0.472 bits per heavy atom. The van der Waals surface area contributed by atoms with Crippen molar-refractivity contribution in [2.24, 2.45) is 0 Å². The van der Waals surface area contributed by atoms with E-state index in [2.05, 4.69) is 161 Å². The van der Waals surface area contributed by atoms with E-state index in [9.17, 15) is 10.5 Å². The Hall–Kier alpha value is -6.73. The molecule has 0 N–H and O–H groups in total. The largest absolute Gasteiger partial charge is 0.309 e. The molecule has 2 aromatic heterocycles. The summed E-state index contributed by atoms with van der Waals surface area (Å²) in [6.45, 7) is 4.69. The third-order valence-corrected chi connectivity index (χ3v) is 12.4. The highest BCUT2D eigenvalue weighted by Crippen LogP contribution is 2.50. The monoisotopic (exact) mass is 695 g/mol. The van der Waals surface area contributed by atoms with Crippen LogP contribution in [0.25, 0.3) is 71.7 Å². The molecule has 5 nitrogen and oxygen atoms in total. The SMILES string of the molecule is CC1(C)c2ccccc2-n2c3cc4c5ccccc5n(-c5cc(C#N)cc(C#N)c5)c4cc3n3c4c(cccc4c4cccc1c42)Sc1ccccc1-3. The van der Waals surface area contributed by atoms with E-state index in [1.54, 1.807) is 6.07 Å². The van der Waals surface area contributed by atoms with Crippen molar-refractivity contribution >= 4 is 66.4 Å². The van der Waals surface area contributed by atoms with Crippen molar-refractivity contribution in [3.63, 3.8) is 0 Å². The van der Waals surface area contributed by atoms with Crippen LogP contribution in [0, 0.1) is 22.7 Å². The van der Waals surface area contributed by atoms with E-state index in [1.165, 1.54) is 48.4 Å². The van der Waals surface area contributed by atoms with E-state index in [4.69, 9.17) is 0 Å². The van der Waals surface area contributed by atoms with Crippen molar-refractivity contribution < 1.29 is 0 Å². The quantitative estimate of drug-likeness (QED) is 0.172. The van der Waals surface area contributed by atoms with Crippen molar-refractivity contribution in [3.05, 3.63) is 162 Å². The number of hydrogen-bond acceptors (Lipinski definition) is 3. The Balaban J connectivity index is 1.48. The molecule has 4 heterocycles. The van der Waals surface area contributed by atoms with Gasteiger partial charge < -0.3 is 13.7 Å². The molecule has 53 heavy (non-hydrogen) atoms. The molecule has 9 aromatic rings. The van der Waals surface area contributed by atoms with Crippen LogP contribution in [0.5, 0.6) is 0 Å². The number of aromatic nitrogens is 3. The number of hydrogen-bond donors (Lipinski definition) is 0. The molecule has 0 bridgehead atoms. The molecular weight excluding hydrogens is 667 g/mol. The van der Waals surface area contributed by atoms with Gasteiger partial charge in [0.25, 0.3) is 0 Å². The van der Waals surface area contributed by atoms with Gasteiger partial charge >= 0.3 is 0 Å². The summed E-state index contributed by atoms with van der Waals surface area (Å²) in [5.74, 6) is 0. The Labute approximate surface area is 309 Å². The molecule has 0 radical (unpaired) electrons. The van der Waals surface area contributed by atoms with E-state index in [0.717, 1.165) is 44.2 Å². The fourth-order valence-electron chi connectivity index (χ4n) is 8.99. The van der Waals surface area contributed by atoms with Gasteiger partial charge in [-0.2, -0.15) is 10.5 Å². The second-order valence-electron chi connectivity index (χ2n) is 14.4. The zero-order valence-electron chi connectivity index (χ0n) is 28.9. The summed E-state index contributed by atoms with van der Waals surface area (Å²) in [4.78, 5) is 2.40. The molecule has 6 heteroatoms. The summed E-state index contributed by atoms with van der Waals surface area (Å²) in [5.41, 5.74) is 12.8. The summed E-state index contributed by atoms with van der Waals surface area (Å²) in [5, 5.41) is 24.6. The van der Waals surface area contributed by atoms with Gasteiger partial charge in [0, 0.05) is 42.4 Å². The van der Waals surface area contributed by atoms with Crippen molar-refractivity contribution in [1.29, 1.82) is 10.5 Å². The van der Waals surface area contributed by atoms with Gasteiger partial charge in [-0.15, -0.1) is 0 Å². The maximum absolute atomic E-state index is 10.0. The van der Waals surface area contributed by atoms with Crippen LogP contribution in [0.2, 0.25) is 0 Å². The molecule has 0 saturated heterocycles. The first-order chi connectivity index (χ1) is 26.0. The maximum atomic E-state index is 10.0. The van der Waals surface area contributed by atoms with Gasteiger partial charge in [0.05, 0.1) is 67.7 Å². The highest BCUT2D eigenvalue weighted by molar-refractivity contribution is 7.99. The topological polar surface area (TPSA) is 62.4 Å². The Morgan fingerprint density at radius 3 is 1.89 bits per heavy atom. The Bertz CT molecular complexity index is 3230. The first kappa shape index (κ1) is 29.9. The summed E-state index contributed by atoms with van der Waals surface area (Å²) < 4.78 is 7.20. The lowest BCUT2D eigenvalue weighted by Crippen LogP contribution is -2.27. The van der Waals surface area contributed by atoms with E-state index < -0.39 is 0 Å². The molecule has 0 spiro atoms. The lowest BCUT2D eigenvalue weighted by Gasteiger charge is -2.37. The molecule has 2 aliphatic heterocycles. The zero-order valence-corrected chi connectivity index (χ0v) is 29.7. The average molecular weight is 696 g/mol. The molecule has 7 aromatic carbocycles. The number of nitrogens with zero attached hydrogens (tertiary/aromatic N) is 5. The van der Waals surface area contributed by atoms with Crippen LogP contribution in [0.15, 0.2) is 149 Å². The third kappa shape index (κ3) is 3.96. The summed E-state index contributed by atoms with van der Waals surface area (Å²) in [7, 11) is 0. The Kier molecular flexibility index (Phi) is 6.02. The fraction of sp³-hybridized carbons (Fsp3) is 0.0638. The number of fused-ring (bicyclic) bond motifs is 11. The van der Waals surface area contributed by atoms with E-state index >= 15 is 0 Å². The number of nitriles is 2. The molecule has 0 fully saturated rings. The van der Waals surface area contributed by atoms with Gasteiger partial charge in [-0.3, -0.25) is 0 Å². The van der Waals surface area contributed by atoms with Crippen LogP contribution in [-0.2, 0) is 5.41 Å². The number of para-hydroxylation sites is 5. The minimum atomic E-state index is -0.238. The van der Waals surface area contributed by atoms with Gasteiger partial charge in [0.1, 0.15) is 0 Å². The molecule has 0 atom stereocenters. The second kappa shape index (κ2) is 10.7. The fourth-order valence-corrected chi connectivity index (χ4v) is 10.1. The zero-order chi connectivity index (χ0) is 35.6. The molecule has 0 saturated carbocycles. The van der Waals surface area contributed by atoms with Gasteiger partial charge in [0.2, 0.25) is 0 Å². The smallest absolute Gasteiger partial charge is 0.0992 e.